The Labute approximate surface area is 241 Å². The van der Waals surface area contributed by atoms with E-state index in [1.165, 1.54) is 23.3 Å². The van der Waals surface area contributed by atoms with Crippen molar-refractivity contribution < 1.29 is 19.1 Å². The Morgan fingerprint density at radius 2 is 2.13 bits per heavy atom. The van der Waals surface area contributed by atoms with E-state index in [-0.39, 0.29) is 25.0 Å². The van der Waals surface area contributed by atoms with E-state index in [9.17, 15) is 14.4 Å². The van der Waals surface area contributed by atoms with Gasteiger partial charge in [0.05, 0.1) is 15.8 Å². The number of carbonyl (C=O) groups excluding carboxylic acids is 3. The largest absolute Gasteiger partial charge is 0.464 e. The number of benzene rings is 1. The van der Waals surface area contributed by atoms with Gasteiger partial charge in [-0.05, 0) is 61.0 Å². The number of carbonyl (C=O) groups is 3. The molecular formula is C27H32ClN5O4S2. The number of esters is 1. The molecule has 1 aromatic carbocycles. The first kappa shape index (κ1) is 29.1. The van der Waals surface area contributed by atoms with Gasteiger partial charge in [-0.3, -0.25) is 14.4 Å². The number of anilines is 1. The molecule has 1 fully saturated rings. The van der Waals surface area contributed by atoms with E-state index in [1.54, 1.807) is 18.3 Å². The van der Waals surface area contributed by atoms with Crippen LogP contribution in [0.1, 0.15) is 47.2 Å². The van der Waals surface area contributed by atoms with Crippen LogP contribution in [0.2, 0.25) is 4.34 Å². The van der Waals surface area contributed by atoms with E-state index >= 15 is 0 Å². The lowest BCUT2D eigenvalue weighted by atomic mass is 10.1. The van der Waals surface area contributed by atoms with Crippen molar-refractivity contribution in [2.75, 3.05) is 24.6 Å². The van der Waals surface area contributed by atoms with Gasteiger partial charge >= 0.3 is 5.97 Å². The zero-order valence-electron chi connectivity index (χ0n) is 21.9. The second-order valence-electron chi connectivity index (χ2n) is 9.07. The van der Waals surface area contributed by atoms with Gasteiger partial charge in [0, 0.05) is 56.0 Å². The normalized spacial score (nSPS) is 14.0. The summed E-state index contributed by atoms with van der Waals surface area (Å²) in [6.07, 6.45) is 7.05. The van der Waals surface area contributed by atoms with Crippen LogP contribution < -0.4 is 14.9 Å². The molecule has 2 N–H and O–H groups in total. The summed E-state index contributed by atoms with van der Waals surface area (Å²) in [5, 5.41) is 2.81. The molecule has 1 saturated heterocycles. The van der Waals surface area contributed by atoms with Crippen LogP contribution in [-0.4, -0.2) is 53.1 Å². The Hall–Kier alpha value is -2.86. The molecule has 1 aliphatic rings. The molecule has 9 nitrogen and oxygen atoms in total. The number of thiophene rings is 1. The molecule has 0 bridgehead atoms. The van der Waals surface area contributed by atoms with Crippen LogP contribution in [0.4, 0.5) is 5.69 Å². The number of amides is 2. The highest BCUT2D eigenvalue weighted by atomic mass is 35.5. The lowest BCUT2D eigenvalue weighted by Crippen LogP contribution is -2.44. The van der Waals surface area contributed by atoms with Crippen molar-refractivity contribution in [3.63, 3.8) is 0 Å². The van der Waals surface area contributed by atoms with E-state index < -0.39 is 12.0 Å². The number of hydrogen-bond acceptors (Lipinski definition) is 8. The number of aryl methyl sites for hydroxylation is 2. The fourth-order valence-corrected chi connectivity index (χ4v) is 6.25. The summed E-state index contributed by atoms with van der Waals surface area (Å²) < 4.78 is 11.2. The van der Waals surface area contributed by atoms with Gasteiger partial charge in [0.2, 0.25) is 5.91 Å². The van der Waals surface area contributed by atoms with E-state index in [2.05, 4.69) is 15.0 Å². The number of hydrogen-bond donors (Lipinski definition) is 2. The second kappa shape index (κ2) is 14.0. The number of rotatable bonds is 13. The quantitative estimate of drug-likeness (QED) is 0.173. The highest BCUT2D eigenvalue weighted by Crippen LogP contribution is 2.32. The maximum Gasteiger partial charge on any atom is 0.325 e. The monoisotopic (exact) mass is 589 g/mol. The van der Waals surface area contributed by atoms with Crippen LogP contribution in [0.15, 0.2) is 47.6 Å². The molecule has 1 atom stereocenters. The molecule has 208 valence electrons. The summed E-state index contributed by atoms with van der Waals surface area (Å²) in [5.41, 5.74) is 1.94. The lowest BCUT2D eigenvalue weighted by molar-refractivity contribution is -0.145. The van der Waals surface area contributed by atoms with Crippen LogP contribution >= 0.6 is 34.9 Å². The average Bonchev–Trinajstić information content (AvgIpc) is 3.67. The van der Waals surface area contributed by atoms with Gasteiger partial charge in [-0.1, -0.05) is 24.6 Å². The summed E-state index contributed by atoms with van der Waals surface area (Å²) in [4.78, 5) is 45.6. The number of nitrogens with one attached hydrogen (secondary N) is 2. The Morgan fingerprint density at radius 3 is 2.79 bits per heavy atom. The molecule has 2 aromatic heterocycles. The van der Waals surface area contributed by atoms with Gasteiger partial charge in [-0.2, -0.15) is 0 Å². The zero-order chi connectivity index (χ0) is 27.8. The maximum atomic E-state index is 13.1. The van der Waals surface area contributed by atoms with Crippen LogP contribution in [0.3, 0.4) is 0 Å². The molecule has 0 radical (unpaired) electrons. The second-order valence-corrected chi connectivity index (χ2v) is 11.7. The number of nitrogens with zero attached hydrogens (tertiary/aromatic N) is 3. The minimum absolute atomic E-state index is 0.0330. The van der Waals surface area contributed by atoms with Gasteiger partial charge in [-0.15, -0.1) is 11.3 Å². The van der Waals surface area contributed by atoms with Crippen LogP contribution in [0, 0.1) is 0 Å². The maximum absolute atomic E-state index is 13.1. The molecule has 39 heavy (non-hydrogen) atoms. The average molecular weight is 590 g/mol. The summed E-state index contributed by atoms with van der Waals surface area (Å²) in [6.45, 7) is 3.02. The molecule has 3 heterocycles. The van der Waals surface area contributed by atoms with E-state index in [0.717, 1.165) is 34.8 Å². The molecule has 0 aliphatic carbocycles. The Morgan fingerprint density at radius 1 is 1.28 bits per heavy atom. The SMILES string of the molecule is CCc1c(SN[C@@H](CNC(=O)c2ccc(Cl)s2)C(=O)OCCCc2nccn2C)cccc1N1CCCC1=O. The first-order valence-corrected chi connectivity index (χ1v) is 14.9. The summed E-state index contributed by atoms with van der Waals surface area (Å²) in [5.74, 6) is 0.274. The van der Waals surface area contributed by atoms with Gasteiger partial charge < -0.3 is 19.5 Å². The van der Waals surface area contributed by atoms with Crippen molar-refractivity contribution in [2.45, 2.75) is 50.0 Å². The summed E-state index contributed by atoms with van der Waals surface area (Å²) >= 11 is 8.44. The number of ether oxygens (including phenoxy) is 1. The Bertz CT molecular complexity index is 1310. The Kier molecular flexibility index (Phi) is 10.4. The Balaban J connectivity index is 1.41. The van der Waals surface area contributed by atoms with Crippen LogP contribution in [0.25, 0.3) is 0 Å². The number of aromatic nitrogens is 2. The molecule has 1 aliphatic heterocycles. The smallest absolute Gasteiger partial charge is 0.325 e. The van der Waals surface area contributed by atoms with E-state index in [1.807, 2.05) is 47.8 Å². The molecule has 4 rings (SSSR count). The molecule has 12 heteroatoms. The number of halogens is 1. The van der Waals surface area contributed by atoms with Crippen molar-refractivity contribution in [3.8, 4) is 0 Å². The first-order chi connectivity index (χ1) is 18.9. The van der Waals surface area contributed by atoms with Gasteiger partial charge in [-0.25, -0.2) is 9.71 Å². The zero-order valence-corrected chi connectivity index (χ0v) is 24.3. The van der Waals surface area contributed by atoms with Crippen LogP contribution in [0.5, 0.6) is 0 Å². The minimum Gasteiger partial charge on any atom is -0.464 e. The predicted octanol–water partition coefficient (Wildman–Crippen LogP) is 4.40. The molecule has 2 amide bonds. The molecule has 0 unspecified atom stereocenters. The summed E-state index contributed by atoms with van der Waals surface area (Å²) in [6, 6.07) is 8.34. The fraction of sp³-hybridized carbons (Fsp3) is 0.407. The fourth-order valence-electron chi connectivity index (χ4n) is 4.33. The van der Waals surface area contributed by atoms with Gasteiger partial charge in [0.1, 0.15) is 11.9 Å². The van der Waals surface area contributed by atoms with Crippen molar-refractivity contribution in [1.82, 2.24) is 19.6 Å². The minimum atomic E-state index is -0.802. The third kappa shape index (κ3) is 7.63. The first-order valence-electron chi connectivity index (χ1n) is 12.9. The van der Waals surface area contributed by atoms with Gasteiger partial charge in [0.15, 0.2) is 0 Å². The van der Waals surface area contributed by atoms with Crippen molar-refractivity contribution in [3.05, 3.63) is 63.3 Å². The predicted molar refractivity (Wildman–Crippen MR) is 154 cm³/mol. The molecule has 0 spiro atoms. The lowest BCUT2D eigenvalue weighted by Gasteiger charge is -2.23. The summed E-state index contributed by atoms with van der Waals surface area (Å²) in [7, 11) is 1.92. The van der Waals surface area contributed by atoms with Crippen molar-refractivity contribution >= 4 is 58.4 Å². The molecular weight excluding hydrogens is 558 g/mol. The highest BCUT2D eigenvalue weighted by molar-refractivity contribution is 7.97. The van der Waals surface area contributed by atoms with Gasteiger partial charge in [0.25, 0.3) is 5.91 Å². The van der Waals surface area contributed by atoms with Crippen LogP contribution in [-0.2, 0) is 34.2 Å². The topological polar surface area (TPSA) is 106 Å². The molecule has 0 saturated carbocycles. The third-order valence-electron chi connectivity index (χ3n) is 6.40. The standard InChI is InChI=1S/C27H32ClN5O4S2/c1-3-18-20(33-14-5-10-25(33)34)7-4-8-21(18)39-31-19(17-30-26(35)22-11-12-23(28)38-22)27(36)37-16-6-9-24-29-13-15-32(24)2/h4,7-8,11-13,15,19,31H,3,5-6,9-10,14,16-17H2,1-2H3,(H,30,35)/t19-/m0/s1. The van der Waals surface area contributed by atoms with Crippen molar-refractivity contribution in [2.24, 2.45) is 7.05 Å². The van der Waals surface area contributed by atoms with E-state index in [0.29, 0.717) is 35.0 Å². The highest BCUT2D eigenvalue weighted by Gasteiger charge is 2.26. The third-order valence-corrected chi connectivity index (χ3v) is 8.63. The molecule has 3 aromatic rings. The van der Waals surface area contributed by atoms with E-state index in [4.69, 9.17) is 16.3 Å². The number of imidazole rings is 1. The van der Waals surface area contributed by atoms with Crippen molar-refractivity contribution in [1.29, 1.82) is 0 Å².